The Morgan fingerprint density at radius 1 is 1.03 bits per heavy atom. The lowest BCUT2D eigenvalue weighted by atomic mass is 9.95. The van der Waals surface area contributed by atoms with Gasteiger partial charge >= 0.3 is 0 Å². The molecule has 1 heterocycles. The van der Waals surface area contributed by atoms with Gasteiger partial charge in [0.15, 0.2) is 0 Å². The predicted octanol–water partition coefficient (Wildman–Crippen LogP) is 5.41. The van der Waals surface area contributed by atoms with Gasteiger partial charge in [0, 0.05) is 28.8 Å². The Morgan fingerprint density at radius 2 is 1.65 bits per heavy atom. The van der Waals surface area contributed by atoms with Gasteiger partial charge in [-0.25, -0.2) is 4.68 Å². The van der Waals surface area contributed by atoms with Crippen LogP contribution in [0.3, 0.4) is 0 Å². The summed E-state index contributed by atoms with van der Waals surface area (Å²) in [6, 6.07) is 22.1. The van der Waals surface area contributed by atoms with Gasteiger partial charge in [0.25, 0.3) is 17.2 Å². The molecular formula is C25H19ClN4O4. The Hall–Kier alpha value is -4.30. The second-order valence-corrected chi connectivity index (χ2v) is 7.76. The normalized spacial score (nSPS) is 10.6. The van der Waals surface area contributed by atoms with Crippen molar-refractivity contribution in [3.05, 3.63) is 110 Å². The van der Waals surface area contributed by atoms with Crippen molar-refractivity contribution >= 4 is 28.9 Å². The molecule has 1 N–H and O–H groups in total. The first-order valence-corrected chi connectivity index (χ1v) is 10.8. The number of halogens is 1. The van der Waals surface area contributed by atoms with Crippen LogP contribution < -0.4 is 10.9 Å². The lowest BCUT2D eigenvalue weighted by Crippen LogP contribution is -2.32. The molecule has 8 nitrogen and oxygen atoms in total. The van der Waals surface area contributed by atoms with Gasteiger partial charge < -0.3 is 5.32 Å². The van der Waals surface area contributed by atoms with Crippen LogP contribution in [-0.2, 0) is 6.54 Å². The average Bonchev–Trinajstić information content (AvgIpc) is 2.85. The van der Waals surface area contributed by atoms with E-state index in [1.54, 1.807) is 31.2 Å². The van der Waals surface area contributed by atoms with Gasteiger partial charge in [0.1, 0.15) is 11.3 Å². The third kappa shape index (κ3) is 4.44. The number of amides is 1. The Bertz CT molecular complexity index is 1440. The molecular weight excluding hydrogens is 456 g/mol. The first kappa shape index (κ1) is 22.9. The molecule has 0 unspecified atom stereocenters. The van der Waals surface area contributed by atoms with Gasteiger partial charge in [0.05, 0.1) is 10.6 Å². The summed E-state index contributed by atoms with van der Waals surface area (Å²) in [6.07, 6.45) is 0. The second kappa shape index (κ2) is 9.68. The zero-order valence-corrected chi connectivity index (χ0v) is 18.8. The molecule has 0 atom stereocenters. The third-order valence-corrected chi connectivity index (χ3v) is 5.43. The van der Waals surface area contributed by atoms with Gasteiger partial charge in [-0.3, -0.25) is 19.7 Å². The van der Waals surface area contributed by atoms with Crippen molar-refractivity contribution in [1.82, 2.24) is 9.78 Å². The molecule has 34 heavy (non-hydrogen) atoms. The monoisotopic (exact) mass is 474 g/mol. The highest BCUT2D eigenvalue weighted by Gasteiger charge is 2.26. The Balaban J connectivity index is 1.98. The molecule has 9 heteroatoms. The van der Waals surface area contributed by atoms with Crippen LogP contribution in [0.5, 0.6) is 0 Å². The van der Waals surface area contributed by atoms with Crippen LogP contribution in [0.1, 0.15) is 17.3 Å². The number of aryl methyl sites for hydroxylation is 1. The third-order valence-electron chi connectivity index (χ3n) is 5.20. The van der Waals surface area contributed by atoms with Crippen molar-refractivity contribution in [3.8, 4) is 22.4 Å². The van der Waals surface area contributed by atoms with Crippen LogP contribution in [-0.4, -0.2) is 20.6 Å². The number of nitro benzene ring substituents is 1. The molecule has 4 aromatic rings. The maximum Gasteiger partial charge on any atom is 0.294 e. The maximum absolute atomic E-state index is 13.5. The number of carbonyl (C=O) groups is 1. The van der Waals surface area contributed by atoms with Crippen LogP contribution in [0.25, 0.3) is 22.4 Å². The van der Waals surface area contributed by atoms with E-state index >= 15 is 0 Å². The number of anilines is 1. The standard InChI is InChI=1S/C25H19ClN4O4/c1-2-29-25(32)22(24(31)27-19-14-13-18(26)15-20(19)30(33)34)21(16-9-5-3-6-10-16)23(28-29)17-11-7-4-8-12-17/h3-15H,2H2,1H3,(H,27,31). The lowest BCUT2D eigenvalue weighted by Gasteiger charge is -2.17. The molecule has 0 aliphatic rings. The van der Waals surface area contributed by atoms with Crippen molar-refractivity contribution in [2.45, 2.75) is 13.5 Å². The van der Waals surface area contributed by atoms with Crippen molar-refractivity contribution < 1.29 is 9.72 Å². The lowest BCUT2D eigenvalue weighted by molar-refractivity contribution is -0.383. The highest BCUT2D eigenvalue weighted by molar-refractivity contribution is 6.31. The fraction of sp³-hybridized carbons (Fsp3) is 0.0800. The predicted molar refractivity (Wildman–Crippen MR) is 131 cm³/mol. The Kier molecular flexibility index (Phi) is 6.51. The van der Waals surface area contributed by atoms with E-state index in [4.69, 9.17) is 11.6 Å². The first-order chi connectivity index (χ1) is 16.4. The van der Waals surface area contributed by atoms with E-state index < -0.39 is 16.4 Å². The van der Waals surface area contributed by atoms with Crippen LogP contribution >= 0.6 is 11.6 Å². The smallest absolute Gasteiger partial charge is 0.294 e. The second-order valence-electron chi connectivity index (χ2n) is 7.32. The summed E-state index contributed by atoms with van der Waals surface area (Å²) in [5.74, 6) is -0.781. The van der Waals surface area contributed by atoms with Crippen LogP contribution in [0.2, 0.25) is 5.02 Å². The molecule has 0 radical (unpaired) electrons. The molecule has 1 aromatic heterocycles. The molecule has 0 fully saturated rings. The van der Waals surface area contributed by atoms with Crippen molar-refractivity contribution in [2.75, 3.05) is 5.32 Å². The number of hydrogen-bond donors (Lipinski definition) is 1. The summed E-state index contributed by atoms with van der Waals surface area (Å²) in [5, 5.41) is 18.7. The number of aromatic nitrogens is 2. The summed E-state index contributed by atoms with van der Waals surface area (Å²) in [5.41, 5.74) is 0.912. The molecule has 0 bridgehead atoms. The van der Waals surface area contributed by atoms with Crippen LogP contribution in [0.15, 0.2) is 83.7 Å². The number of nitro groups is 1. The van der Waals surface area contributed by atoms with Gasteiger partial charge in [-0.2, -0.15) is 5.10 Å². The van der Waals surface area contributed by atoms with E-state index in [1.165, 1.54) is 16.8 Å². The van der Waals surface area contributed by atoms with Crippen LogP contribution in [0, 0.1) is 10.1 Å². The molecule has 0 aliphatic carbocycles. The van der Waals surface area contributed by atoms with E-state index in [-0.39, 0.29) is 28.5 Å². The number of nitrogens with zero attached hydrogens (tertiary/aromatic N) is 3. The maximum atomic E-state index is 13.5. The van der Waals surface area contributed by atoms with Gasteiger partial charge in [-0.05, 0) is 24.6 Å². The zero-order chi connectivity index (χ0) is 24.2. The minimum atomic E-state index is -0.781. The average molecular weight is 475 g/mol. The molecule has 0 saturated heterocycles. The highest BCUT2D eigenvalue weighted by atomic mass is 35.5. The first-order valence-electron chi connectivity index (χ1n) is 10.4. The summed E-state index contributed by atoms with van der Waals surface area (Å²) in [7, 11) is 0. The van der Waals surface area contributed by atoms with Crippen molar-refractivity contribution in [2.24, 2.45) is 0 Å². The van der Waals surface area contributed by atoms with Crippen molar-refractivity contribution in [3.63, 3.8) is 0 Å². The molecule has 1 amide bonds. The fourth-order valence-corrected chi connectivity index (χ4v) is 3.79. The van der Waals surface area contributed by atoms with Crippen molar-refractivity contribution in [1.29, 1.82) is 0 Å². The number of rotatable bonds is 6. The highest BCUT2D eigenvalue weighted by Crippen LogP contribution is 2.33. The Labute approximate surface area is 199 Å². The topological polar surface area (TPSA) is 107 Å². The van der Waals surface area contributed by atoms with E-state index in [0.717, 1.165) is 11.6 Å². The SMILES string of the molecule is CCn1nc(-c2ccccc2)c(-c2ccccc2)c(C(=O)Nc2ccc(Cl)cc2[N+](=O)[O-])c1=O. The minimum Gasteiger partial charge on any atom is -0.316 e. The zero-order valence-electron chi connectivity index (χ0n) is 18.1. The van der Waals surface area contributed by atoms with Gasteiger partial charge in [-0.1, -0.05) is 72.3 Å². The van der Waals surface area contributed by atoms with Gasteiger partial charge in [-0.15, -0.1) is 0 Å². The Morgan fingerprint density at radius 3 is 2.24 bits per heavy atom. The van der Waals surface area contributed by atoms with E-state index in [9.17, 15) is 19.7 Å². The van der Waals surface area contributed by atoms with E-state index in [1.807, 2.05) is 36.4 Å². The molecule has 3 aromatic carbocycles. The number of carbonyl (C=O) groups excluding carboxylic acids is 1. The van der Waals surface area contributed by atoms with Gasteiger partial charge in [0.2, 0.25) is 0 Å². The minimum absolute atomic E-state index is 0.0704. The summed E-state index contributed by atoms with van der Waals surface area (Å²) in [4.78, 5) is 37.8. The summed E-state index contributed by atoms with van der Waals surface area (Å²) >= 11 is 5.89. The molecule has 0 aliphatic heterocycles. The summed E-state index contributed by atoms with van der Waals surface area (Å²) < 4.78 is 1.21. The van der Waals surface area contributed by atoms with Crippen LogP contribution in [0.4, 0.5) is 11.4 Å². The van der Waals surface area contributed by atoms with E-state index in [0.29, 0.717) is 16.8 Å². The number of benzene rings is 3. The molecule has 0 spiro atoms. The molecule has 170 valence electrons. The largest absolute Gasteiger partial charge is 0.316 e. The van der Waals surface area contributed by atoms with E-state index in [2.05, 4.69) is 10.4 Å². The number of hydrogen-bond acceptors (Lipinski definition) is 5. The molecule has 0 saturated carbocycles. The fourth-order valence-electron chi connectivity index (χ4n) is 3.63. The number of nitrogens with one attached hydrogen (secondary N) is 1. The summed E-state index contributed by atoms with van der Waals surface area (Å²) in [6.45, 7) is 1.98. The quantitative estimate of drug-likeness (QED) is 0.297. The molecule has 4 rings (SSSR count).